The summed E-state index contributed by atoms with van der Waals surface area (Å²) in [5.74, 6) is 1.33. The number of para-hydroxylation sites is 1. The smallest absolute Gasteiger partial charge is 0.272 e. The third kappa shape index (κ3) is 5.11. The summed E-state index contributed by atoms with van der Waals surface area (Å²) in [6.07, 6.45) is 8.88. The second-order valence-corrected chi connectivity index (χ2v) is 7.42. The highest BCUT2D eigenvalue weighted by atomic mass is 16.2. The van der Waals surface area contributed by atoms with Gasteiger partial charge in [-0.3, -0.25) is 4.79 Å². The zero-order valence-electron chi connectivity index (χ0n) is 17.8. The molecular formula is C24H30N4O. The van der Waals surface area contributed by atoms with Crippen LogP contribution in [0.1, 0.15) is 62.4 Å². The topological polar surface area (TPSA) is 59.8 Å². The van der Waals surface area contributed by atoms with Crippen molar-refractivity contribution in [1.82, 2.24) is 14.8 Å². The monoisotopic (exact) mass is 390 g/mol. The molecule has 1 aromatic heterocycles. The van der Waals surface area contributed by atoms with E-state index >= 15 is 0 Å². The van der Waals surface area contributed by atoms with Crippen LogP contribution in [0, 0.1) is 6.92 Å². The lowest BCUT2D eigenvalue weighted by Crippen LogP contribution is -2.14. The van der Waals surface area contributed by atoms with Gasteiger partial charge < -0.3 is 5.32 Å². The minimum absolute atomic E-state index is 0.132. The molecule has 2 aromatic rings. The number of aromatic nitrogens is 3. The summed E-state index contributed by atoms with van der Waals surface area (Å²) in [6.45, 7) is 8.82. The maximum absolute atomic E-state index is 12.8. The molecule has 1 aliphatic rings. The molecule has 0 fully saturated rings. The molecule has 1 heterocycles. The number of hydrogen-bond acceptors (Lipinski definition) is 4. The van der Waals surface area contributed by atoms with Crippen LogP contribution in [0.4, 0.5) is 5.69 Å². The minimum Gasteiger partial charge on any atom is -0.381 e. The third-order valence-corrected chi connectivity index (χ3v) is 5.36. The van der Waals surface area contributed by atoms with Gasteiger partial charge >= 0.3 is 0 Å². The van der Waals surface area contributed by atoms with Gasteiger partial charge in [-0.2, -0.15) is 4.68 Å². The highest BCUT2D eigenvalue weighted by molar-refractivity contribution is 5.90. The van der Waals surface area contributed by atoms with Crippen molar-refractivity contribution in [1.29, 1.82) is 0 Å². The maximum Gasteiger partial charge on any atom is 0.272 e. The molecular weight excluding hydrogens is 360 g/mol. The van der Waals surface area contributed by atoms with Crippen molar-refractivity contribution < 1.29 is 4.79 Å². The Hall–Kier alpha value is -2.95. The van der Waals surface area contributed by atoms with Crippen LogP contribution in [0.15, 0.2) is 65.3 Å². The van der Waals surface area contributed by atoms with E-state index in [0.717, 1.165) is 36.3 Å². The molecule has 0 radical (unpaired) electrons. The van der Waals surface area contributed by atoms with E-state index in [2.05, 4.69) is 48.3 Å². The van der Waals surface area contributed by atoms with Crippen molar-refractivity contribution in [2.24, 2.45) is 0 Å². The number of anilines is 1. The first-order valence-corrected chi connectivity index (χ1v) is 10.4. The zero-order valence-corrected chi connectivity index (χ0v) is 17.8. The van der Waals surface area contributed by atoms with Crippen molar-refractivity contribution in [2.45, 2.75) is 52.9 Å². The lowest BCUT2D eigenvalue weighted by molar-refractivity contribution is 0.0949. The molecule has 1 N–H and O–H groups in total. The summed E-state index contributed by atoms with van der Waals surface area (Å²) in [4.78, 5) is 17.4. The lowest BCUT2D eigenvalue weighted by Gasteiger charge is -2.16. The predicted molar refractivity (Wildman–Crippen MR) is 118 cm³/mol. The fourth-order valence-electron chi connectivity index (χ4n) is 3.57. The van der Waals surface area contributed by atoms with E-state index in [1.165, 1.54) is 15.8 Å². The predicted octanol–water partition coefficient (Wildman–Crippen LogP) is 5.45. The molecule has 5 heteroatoms. The quantitative estimate of drug-likeness (QED) is 0.639. The SMILES string of the molecule is CCC(=CC(=O)n1nc(C2C=C(C)C(CC)=CC2)nc1C)CNc1ccccc1. The number of carbonyl (C=O) groups excluding carboxylic acids is 1. The minimum atomic E-state index is -0.144. The molecule has 29 heavy (non-hydrogen) atoms. The molecule has 1 unspecified atom stereocenters. The van der Waals surface area contributed by atoms with Gasteiger partial charge in [0.05, 0.1) is 0 Å². The Morgan fingerprint density at radius 3 is 2.66 bits per heavy atom. The first-order valence-electron chi connectivity index (χ1n) is 10.4. The fourth-order valence-corrected chi connectivity index (χ4v) is 3.57. The number of aryl methyl sites for hydroxylation is 1. The van der Waals surface area contributed by atoms with Crippen LogP contribution >= 0.6 is 0 Å². The van der Waals surface area contributed by atoms with E-state index in [-0.39, 0.29) is 11.8 Å². The van der Waals surface area contributed by atoms with E-state index in [4.69, 9.17) is 0 Å². The molecule has 3 rings (SSSR count). The number of hydrogen-bond donors (Lipinski definition) is 1. The molecule has 0 spiro atoms. The molecule has 0 saturated heterocycles. The van der Waals surface area contributed by atoms with Crippen molar-refractivity contribution in [2.75, 3.05) is 11.9 Å². The van der Waals surface area contributed by atoms with Crippen molar-refractivity contribution in [3.05, 3.63) is 76.9 Å². The van der Waals surface area contributed by atoms with Crippen molar-refractivity contribution >= 4 is 11.6 Å². The summed E-state index contributed by atoms with van der Waals surface area (Å²) in [5.41, 5.74) is 4.73. The molecule has 1 atom stereocenters. The van der Waals surface area contributed by atoms with Crippen molar-refractivity contribution in [3.8, 4) is 0 Å². The first kappa shape index (κ1) is 20.8. The lowest BCUT2D eigenvalue weighted by atomic mass is 9.90. The van der Waals surface area contributed by atoms with Crippen LogP contribution < -0.4 is 5.32 Å². The number of nitrogens with zero attached hydrogens (tertiary/aromatic N) is 3. The van der Waals surface area contributed by atoms with Gasteiger partial charge in [-0.15, -0.1) is 5.10 Å². The standard InChI is InChI=1S/C24H30N4O/c1-5-19(16-25-22-10-8-7-9-11-22)15-23(29)28-18(4)26-24(27-28)21-13-12-20(6-2)17(3)14-21/h7-12,14-15,21,25H,5-6,13,16H2,1-4H3. The molecule has 5 nitrogen and oxygen atoms in total. The summed E-state index contributed by atoms with van der Waals surface area (Å²) in [5, 5.41) is 7.90. The van der Waals surface area contributed by atoms with Crippen LogP contribution in [0.3, 0.4) is 0 Å². The maximum atomic E-state index is 12.8. The molecule has 0 amide bonds. The number of carbonyl (C=O) groups is 1. The van der Waals surface area contributed by atoms with E-state index in [0.29, 0.717) is 12.4 Å². The normalized spacial score (nSPS) is 17.0. The van der Waals surface area contributed by atoms with Crippen LogP contribution in [0.2, 0.25) is 0 Å². The van der Waals surface area contributed by atoms with Crippen LogP contribution in [-0.4, -0.2) is 27.2 Å². The Bertz CT molecular complexity index is 951. The largest absolute Gasteiger partial charge is 0.381 e. The Balaban J connectivity index is 1.72. The van der Waals surface area contributed by atoms with E-state index in [1.807, 2.05) is 37.3 Å². The second-order valence-electron chi connectivity index (χ2n) is 7.42. The van der Waals surface area contributed by atoms with Gasteiger partial charge in [0.1, 0.15) is 5.82 Å². The van der Waals surface area contributed by atoms with E-state index < -0.39 is 0 Å². The average Bonchev–Trinajstić information content (AvgIpc) is 3.13. The third-order valence-electron chi connectivity index (χ3n) is 5.36. The molecule has 1 aliphatic carbocycles. The number of rotatable bonds is 7. The van der Waals surface area contributed by atoms with E-state index in [1.54, 1.807) is 6.08 Å². The summed E-state index contributed by atoms with van der Waals surface area (Å²) in [6, 6.07) is 9.99. The Labute approximate surface area is 173 Å². The second kappa shape index (κ2) is 9.50. The summed E-state index contributed by atoms with van der Waals surface area (Å²) >= 11 is 0. The van der Waals surface area contributed by atoms with Gasteiger partial charge in [0.15, 0.2) is 5.82 Å². The van der Waals surface area contributed by atoms with Gasteiger partial charge in [0, 0.05) is 24.2 Å². The molecule has 0 bridgehead atoms. The summed E-state index contributed by atoms with van der Waals surface area (Å²) in [7, 11) is 0. The van der Waals surface area contributed by atoms with Gasteiger partial charge in [0.25, 0.3) is 5.91 Å². The Kier molecular flexibility index (Phi) is 6.81. The van der Waals surface area contributed by atoms with Gasteiger partial charge in [-0.1, -0.05) is 49.8 Å². The molecule has 152 valence electrons. The average molecular weight is 391 g/mol. The first-order chi connectivity index (χ1) is 14.0. The molecule has 0 aliphatic heterocycles. The fraction of sp³-hybridized carbons (Fsp3) is 0.375. The highest BCUT2D eigenvalue weighted by Gasteiger charge is 2.20. The Morgan fingerprint density at radius 2 is 2.00 bits per heavy atom. The highest BCUT2D eigenvalue weighted by Crippen LogP contribution is 2.30. The number of benzene rings is 1. The van der Waals surface area contributed by atoms with Crippen LogP contribution in [0.25, 0.3) is 0 Å². The number of nitrogens with one attached hydrogen (secondary N) is 1. The van der Waals surface area contributed by atoms with Crippen LogP contribution in [0.5, 0.6) is 0 Å². The Morgan fingerprint density at radius 1 is 1.24 bits per heavy atom. The molecule has 0 saturated carbocycles. The van der Waals surface area contributed by atoms with Crippen LogP contribution in [-0.2, 0) is 0 Å². The van der Waals surface area contributed by atoms with Gasteiger partial charge in [0.2, 0.25) is 0 Å². The van der Waals surface area contributed by atoms with E-state index in [9.17, 15) is 4.79 Å². The zero-order chi connectivity index (χ0) is 20.8. The van der Waals surface area contributed by atoms with Gasteiger partial charge in [-0.25, -0.2) is 4.98 Å². The van der Waals surface area contributed by atoms with Crippen molar-refractivity contribution in [3.63, 3.8) is 0 Å². The molecule has 1 aromatic carbocycles. The van der Waals surface area contributed by atoms with Gasteiger partial charge in [-0.05, 0) is 56.4 Å². The number of allylic oxidation sites excluding steroid dienone is 5. The summed E-state index contributed by atoms with van der Waals surface area (Å²) < 4.78 is 1.43.